The molecule has 0 aliphatic heterocycles. The van der Waals surface area contributed by atoms with E-state index in [4.69, 9.17) is 0 Å². The Morgan fingerprint density at radius 3 is 2.19 bits per heavy atom. The molecule has 126 valence electrons. The van der Waals surface area contributed by atoms with Gasteiger partial charge in [-0.05, 0) is 59.4 Å². The minimum atomic E-state index is -0.190. The Bertz CT molecular complexity index is 275. The van der Waals surface area contributed by atoms with Crippen molar-refractivity contribution in [2.45, 2.75) is 84.3 Å². The SMILES string of the molecule is CC(O)CCN(C)CC1(CNC(C)(C)C)CCCCCC1. The van der Waals surface area contributed by atoms with Gasteiger partial charge in [0.05, 0.1) is 6.10 Å². The zero-order chi connectivity index (χ0) is 15.9. The molecule has 1 saturated carbocycles. The summed E-state index contributed by atoms with van der Waals surface area (Å²) < 4.78 is 0. The average molecular weight is 299 g/mol. The fourth-order valence-corrected chi connectivity index (χ4v) is 3.38. The van der Waals surface area contributed by atoms with Gasteiger partial charge in [0, 0.05) is 25.2 Å². The third kappa shape index (κ3) is 8.18. The number of rotatable bonds is 7. The molecule has 1 aliphatic rings. The van der Waals surface area contributed by atoms with Crippen LogP contribution in [0.5, 0.6) is 0 Å². The minimum Gasteiger partial charge on any atom is -0.393 e. The molecule has 1 atom stereocenters. The van der Waals surface area contributed by atoms with E-state index in [9.17, 15) is 5.11 Å². The summed E-state index contributed by atoms with van der Waals surface area (Å²) in [5, 5.41) is 13.2. The molecule has 0 aromatic rings. The number of hydrogen-bond acceptors (Lipinski definition) is 3. The molecule has 3 nitrogen and oxygen atoms in total. The third-order valence-electron chi connectivity index (χ3n) is 4.69. The van der Waals surface area contributed by atoms with Crippen LogP contribution in [-0.2, 0) is 0 Å². The van der Waals surface area contributed by atoms with Gasteiger partial charge < -0.3 is 15.3 Å². The van der Waals surface area contributed by atoms with Crippen LogP contribution in [0.4, 0.5) is 0 Å². The van der Waals surface area contributed by atoms with Gasteiger partial charge in [-0.15, -0.1) is 0 Å². The summed E-state index contributed by atoms with van der Waals surface area (Å²) in [4.78, 5) is 2.43. The summed E-state index contributed by atoms with van der Waals surface area (Å²) in [5.41, 5.74) is 0.606. The van der Waals surface area contributed by atoms with Crippen LogP contribution < -0.4 is 5.32 Å². The molecule has 1 unspecified atom stereocenters. The van der Waals surface area contributed by atoms with Gasteiger partial charge in [-0.1, -0.05) is 25.7 Å². The van der Waals surface area contributed by atoms with Crippen molar-refractivity contribution < 1.29 is 5.11 Å². The summed E-state index contributed by atoms with van der Waals surface area (Å²) in [6.45, 7) is 11.9. The summed E-state index contributed by atoms with van der Waals surface area (Å²) in [7, 11) is 2.21. The average Bonchev–Trinajstić information content (AvgIpc) is 2.60. The zero-order valence-corrected chi connectivity index (χ0v) is 15.0. The second-order valence-electron chi connectivity index (χ2n) is 8.39. The standard InChI is InChI=1S/C18H38N2O/c1-16(21)10-13-20(5)15-18(14-19-17(2,3)4)11-8-6-7-9-12-18/h16,19,21H,6-15H2,1-5H3. The Kier molecular flexibility index (Phi) is 7.66. The molecule has 2 N–H and O–H groups in total. The molecule has 0 aromatic heterocycles. The smallest absolute Gasteiger partial charge is 0.0524 e. The quantitative estimate of drug-likeness (QED) is 0.707. The normalized spacial score (nSPS) is 21.3. The molecular formula is C18H38N2O. The van der Waals surface area contributed by atoms with Crippen molar-refractivity contribution in [3.8, 4) is 0 Å². The predicted molar refractivity (Wildman–Crippen MR) is 91.7 cm³/mol. The maximum atomic E-state index is 9.49. The fourth-order valence-electron chi connectivity index (χ4n) is 3.38. The van der Waals surface area contributed by atoms with Crippen molar-refractivity contribution in [3.63, 3.8) is 0 Å². The molecule has 0 amide bonds. The van der Waals surface area contributed by atoms with E-state index in [-0.39, 0.29) is 11.6 Å². The lowest BCUT2D eigenvalue weighted by Crippen LogP contribution is -2.48. The van der Waals surface area contributed by atoms with Crippen molar-refractivity contribution in [1.82, 2.24) is 10.2 Å². The maximum absolute atomic E-state index is 9.49. The van der Waals surface area contributed by atoms with Gasteiger partial charge in [0.25, 0.3) is 0 Å². The third-order valence-corrected chi connectivity index (χ3v) is 4.69. The summed E-state index contributed by atoms with van der Waals surface area (Å²) in [5.74, 6) is 0. The summed E-state index contributed by atoms with van der Waals surface area (Å²) in [6, 6.07) is 0. The highest BCUT2D eigenvalue weighted by atomic mass is 16.3. The Balaban J connectivity index is 2.62. The molecule has 1 fully saturated rings. The molecule has 1 aliphatic carbocycles. The highest BCUT2D eigenvalue weighted by Crippen LogP contribution is 2.35. The van der Waals surface area contributed by atoms with Gasteiger partial charge in [-0.25, -0.2) is 0 Å². The van der Waals surface area contributed by atoms with E-state index < -0.39 is 0 Å². The first-order valence-corrected chi connectivity index (χ1v) is 8.84. The molecule has 0 aromatic carbocycles. The van der Waals surface area contributed by atoms with Gasteiger partial charge in [0.15, 0.2) is 0 Å². The number of hydrogen-bond donors (Lipinski definition) is 2. The molecule has 21 heavy (non-hydrogen) atoms. The first-order valence-electron chi connectivity index (χ1n) is 8.84. The van der Waals surface area contributed by atoms with Gasteiger partial charge in [0.2, 0.25) is 0 Å². The number of aliphatic hydroxyl groups excluding tert-OH is 1. The molecule has 0 radical (unpaired) electrons. The highest BCUT2D eigenvalue weighted by molar-refractivity contribution is 4.88. The molecule has 0 spiro atoms. The summed E-state index contributed by atoms with van der Waals surface area (Å²) in [6.07, 6.45) is 8.91. The zero-order valence-electron chi connectivity index (χ0n) is 15.0. The van der Waals surface area contributed by atoms with Crippen molar-refractivity contribution in [2.75, 3.05) is 26.7 Å². The molecule has 3 heteroatoms. The molecule has 1 rings (SSSR count). The monoisotopic (exact) mass is 298 g/mol. The number of nitrogens with zero attached hydrogens (tertiary/aromatic N) is 1. The summed E-state index contributed by atoms with van der Waals surface area (Å²) >= 11 is 0. The van der Waals surface area contributed by atoms with Gasteiger partial charge in [-0.2, -0.15) is 0 Å². The number of nitrogens with one attached hydrogen (secondary N) is 1. The predicted octanol–water partition coefficient (Wildman–Crippen LogP) is 3.42. The molecule has 0 heterocycles. The van der Waals surface area contributed by atoms with Crippen molar-refractivity contribution in [1.29, 1.82) is 0 Å². The van der Waals surface area contributed by atoms with Crippen LogP contribution in [0.1, 0.15) is 72.6 Å². The topological polar surface area (TPSA) is 35.5 Å². The van der Waals surface area contributed by atoms with E-state index in [1.165, 1.54) is 38.5 Å². The lowest BCUT2D eigenvalue weighted by molar-refractivity contribution is 0.115. The van der Waals surface area contributed by atoms with Crippen molar-refractivity contribution >= 4 is 0 Å². The van der Waals surface area contributed by atoms with Crippen LogP contribution in [0.15, 0.2) is 0 Å². The van der Waals surface area contributed by atoms with Crippen LogP contribution in [0.3, 0.4) is 0 Å². The number of aliphatic hydroxyl groups is 1. The van der Waals surface area contributed by atoms with E-state index in [0.717, 1.165) is 26.1 Å². The Hall–Kier alpha value is -0.120. The first kappa shape index (κ1) is 18.9. The minimum absolute atomic E-state index is 0.190. The van der Waals surface area contributed by atoms with E-state index in [1.807, 2.05) is 6.92 Å². The Morgan fingerprint density at radius 2 is 1.71 bits per heavy atom. The van der Waals surface area contributed by atoms with Crippen LogP contribution in [0.25, 0.3) is 0 Å². The van der Waals surface area contributed by atoms with Gasteiger partial charge in [-0.3, -0.25) is 0 Å². The molecular weight excluding hydrogens is 260 g/mol. The second kappa shape index (κ2) is 8.50. The van der Waals surface area contributed by atoms with Crippen LogP contribution >= 0.6 is 0 Å². The van der Waals surface area contributed by atoms with Crippen LogP contribution in [-0.4, -0.2) is 48.3 Å². The maximum Gasteiger partial charge on any atom is 0.0524 e. The van der Waals surface area contributed by atoms with Gasteiger partial charge in [0.1, 0.15) is 0 Å². The van der Waals surface area contributed by atoms with Crippen LogP contribution in [0, 0.1) is 5.41 Å². The highest BCUT2D eigenvalue weighted by Gasteiger charge is 2.33. The fraction of sp³-hybridized carbons (Fsp3) is 1.00. The van der Waals surface area contributed by atoms with E-state index in [0.29, 0.717) is 5.41 Å². The lowest BCUT2D eigenvalue weighted by atomic mass is 9.79. The second-order valence-corrected chi connectivity index (χ2v) is 8.39. The Labute approximate surface area is 132 Å². The molecule has 0 saturated heterocycles. The molecule has 0 bridgehead atoms. The first-order chi connectivity index (χ1) is 9.72. The van der Waals surface area contributed by atoms with E-state index in [1.54, 1.807) is 0 Å². The Morgan fingerprint density at radius 1 is 1.14 bits per heavy atom. The van der Waals surface area contributed by atoms with Crippen molar-refractivity contribution in [2.24, 2.45) is 5.41 Å². The van der Waals surface area contributed by atoms with Crippen LogP contribution in [0.2, 0.25) is 0 Å². The van der Waals surface area contributed by atoms with Gasteiger partial charge >= 0.3 is 0 Å². The van der Waals surface area contributed by atoms with E-state index in [2.05, 4.69) is 38.0 Å². The van der Waals surface area contributed by atoms with E-state index >= 15 is 0 Å². The largest absolute Gasteiger partial charge is 0.393 e. The lowest BCUT2D eigenvalue weighted by Gasteiger charge is -2.39. The van der Waals surface area contributed by atoms with Crippen molar-refractivity contribution in [3.05, 3.63) is 0 Å².